The molecule has 0 spiro atoms. The number of carbonyl (C=O) groups is 3. The van der Waals surface area contributed by atoms with Crippen molar-refractivity contribution in [3.05, 3.63) is 11.6 Å². The molecule has 4 nitrogen and oxygen atoms in total. The Bertz CT molecular complexity index is 752. The van der Waals surface area contributed by atoms with Crippen LogP contribution in [-0.2, 0) is 19.1 Å². The van der Waals surface area contributed by atoms with Gasteiger partial charge in [-0.1, -0.05) is 32.3 Å². The van der Waals surface area contributed by atoms with Crippen LogP contribution in [0.4, 0.5) is 0 Å². The van der Waals surface area contributed by atoms with Gasteiger partial charge in [0.1, 0.15) is 0 Å². The van der Waals surface area contributed by atoms with Gasteiger partial charge >= 0.3 is 5.97 Å². The van der Waals surface area contributed by atoms with Gasteiger partial charge < -0.3 is 4.74 Å². The van der Waals surface area contributed by atoms with E-state index in [9.17, 15) is 14.4 Å². The Morgan fingerprint density at radius 2 is 1.87 bits per heavy atom. The predicted molar refractivity (Wildman–Crippen MR) is 116 cm³/mol. The first kappa shape index (κ1) is 21.8. The molecular formula is C26H38O4. The van der Waals surface area contributed by atoms with Crippen LogP contribution in [-0.4, -0.2) is 23.1 Å². The highest BCUT2D eigenvalue weighted by Crippen LogP contribution is 2.66. The molecule has 30 heavy (non-hydrogen) atoms. The minimum Gasteiger partial charge on any atom is -0.450 e. The number of ether oxygens (including phenoxy) is 1. The van der Waals surface area contributed by atoms with Crippen LogP contribution in [0.1, 0.15) is 97.8 Å². The molecule has 4 rings (SSSR count). The second-order valence-corrected chi connectivity index (χ2v) is 10.6. The molecule has 0 N–H and O–H groups in total. The number of carbonyl (C=O) groups excluding carboxylic acids is 3. The highest BCUT2D eigenvalue weighted by molar-refractivity contribution is 5.91. The van der Waals surface area contributed by atoms with Crippen molar-refractivity contribution in [2.75, 3.05) is 0 Å². The molecule has 0 aromatic rings. The summed E-state index contributed by atoms with van der Waals surface area (Å²) in [6, 6.07) is 0. The first-order chi connectivity index (χ1) is 14.3. The van der Waals surface area contributed by atoms with E-state index in [-0.39, 0.29) is 17.2 Å². The molecular weight excluding hydrogens is 376 g/mol. The summed E-state index contributed by atoms with van der Waals surface area (Å²) in [7, 11) is 0. The normalized spacial score (nSPS) is 40.1. The molecule has 0 aromatic carbocycles. The maximum Gasteiger partial charge on any atom is 0.306 e. The van der Waals surface area contributed by atoms with Crippen LogP contribution in [0.15, 0.2) is 11.6 Å². The Kier molecular flexibility index (Phi) is 5.98. The Morgan fingerprint density at radius 1 is 1.07 bits per heavy atom. The van der Waals surface area contributed by atoms with E-state index in [2.05, 4.69) is 13.8 Å². The maximum absolute atomic E-state index is 13.0. The van der Waals surface area contributed by atoms with Crippen molar-refractivity contribution < 1.29 is 19.1 Å². The van der Waals surface area contributed by atoms with Crippen LogP contribution >= 0.6 is 0 Å². The number of fused-ring (bicyclic) bond motifs is 5. The topological polar surface area (TPSA) is 60.4 Å². The lowest BCUT2D eigenvalue weighted by Gasteiger charge is -2.55. The first-order valence-corrected chi connectivity index (χ1v) is 12.3. The molecule has 4 aliphatic rings. The highest BCUT2D eigenvalue weighted by Gasteiger charge is 2.66. The third-order valence-corrected chi connectivity index (χ3v) is 9.26. The third-order valence-electron chi connectivity index (χ3n) is 9.26. The summed E-state index contributed by atoms with van der Waals surface area (Å²) in [6.07, 6.45) is 12.8. The van der Waals surface area contributed by atoms with E-state index in [0.29, 0.717) is 48.7 Å². The van der Waals surface area contributed by atoms with Crippen molar-refractivity contribution in [2.45, 2.75) is 103 Å². The summed E-state index contributed by atoms with van der Waals surface area (Å²) in [6.45, 7) is 5.99. The number of esters is 1. The number of ketones is 2. The fraction of sp³-hybridized carbons (Fsp3) is 0.808. The van der Waals surface area contributed by atoms with Gasteiger partial charge in [-0.3, -0.25) is 14.4 Å². The van der Waals surface area contributed by atoms with Gasteiger partial charge in [-0.2, -0.15) is 0 Å². The van der Waals surface area contributed by atoms with Crippen LogP contribution in [0.3, 0.4) is 0 Å². The molecule has 6 atom stereocenters. The number of hydrogen-bond donors (Lipinski definition) is 0. The number of Topliss-reactive ketones (excluding diaryl/α,β-unsaturated/α-hetero) is 1. The zero-order chi connectivity index (χ0) is 21.5. The lowest BCUT2D eigenvalue weighted by molar-refractivity contribution is -0.187. The monoisotopic (exact) mass is 414 g/mol. The van der Waals surface area contributed by atoms with E-state index < -0.39 is 5.60 Å². The first-order valence-electron chi connectivity index (χ1n) is 12.3. The summed E-state index contributed by atoms with van der Waals surface area (Å²) in [5.74, 6) is 2.33. The van der Waals surface area contributed by atoms with Gasteiger partial charge in [-0.15, -0.1) is 0 Å². The Balaban J connectivity index is 1.56. The standard InChI is InChI=1S/C26H38O4/c1-4-5-6-7-24(29)30-26(17(2)27)15-13-23-22-10-8-18-16-19(28)9-11-20(18)21(22)12-14-25(23,26)3/h16,20-23H,4-15H2,1-3H3/t20-,21+,22+,23-,25-,26?/m0/s1. The SMILES string of the molecule is CCCCCC(=O)OC1(C(C)=O)CC[C@H]2[C@@H]3CCC4=CC(=O)CC[C@@H]4[C@H]3CC[C@@]21C. The third kappa shape index (κ3) is 3.39. The molecule has 0 amide bonds. The number of allylic oxidation sites excluding steroid dienone is 1. The van der Waals surface area contributed by atoms with Crippen molar-refractivity contribution in [2.24, 2.45) is 29.1 Å². The average molecular weight is 415 g/mol. The molecule has 0 heterocycles. The molecule has 1 unspecified atom stereocenters. The maximum atomic E-state index is 13.0. The molecule has 3 fully saturated rings. The van der Waals surface area contributed by atoms with Gasteiger partial charge in [0.05, 0.1) is 0 Å². The van der Waals surface area contributed by atoms with Crippen LogP contribution < -0.4 is 0 Å². The molecule has 0 radical (unpaired) electrons. The molecule has 0 aliphatic heterocycles. The smallest absolute Gasteiger partial charge is 0.306 e. The van der Waals surface area contributed by atoms with Gasteiger partial charge in [0.25, 0.3) is 0 Å². The second-order valence-electron chi connectivity index (χ2n) is 10.6. The fourth-order valence-electron chi connectivity index (χ4n) is 7.76. The van der Waals surface area contributed by atoms with E-state index in [1.807, 2.05) is 6.08 Å². The summed E-state index contributed by atoms with van der Waals surface area (Å²) in [4.78, 5) is 37.6. The molecule has 4 aliphatic carbocycles. The quantitative estimate of drug-likeness (QED) is 0.420. The van der Waals surface area contributed by atoms with E-state index in [4.69, 9.17) is 4.74 Å². The van der Waals surface area contributed by atoms with Crippen LogP contribution in [0.5, 0.6) is 0 Å². The highest BCUT2D eigenvalue weighted by atomic mass is 16.6. The van der Waals surface area contributed by atoms with E-state index in [0.717, 1.165) is 57.8 Å². The summed E-state index contributed by atoms with van der Waals surface area (Å²) < 4.78 is 6.14. The summed E-state index contributed by atoms with van der Waals surface area (Å²) >= 11 is 0. The number of unbranched alkanes of at least 4 members (excludes halogenated alkanes) is 2. The van der Waals surface area contributed by atoms with Crippen molar-refractivity contribution >= 4 is 17.5 Å². The lowest BCUT2D eigenvalue weighted by Crippen LogP contribution is -2.57. The lowest BCUT2D eigenvalue weighted by atomic mass is 9.50. The Morgan fingerprint density at radius 3 is 2.60 bits per heavy atom. The van der Waals surface area contributed by atoms with Crippen molar-refractivity contribution in [1.29, 1.82) is 0 Å². The summed E-state index contributed by atoms with van der Waals surface area (Å²) in [5.41, 5.74) is 0.186. The molecule has 0 aromatic heterocycles. The zero-order valence-electron chi connectivity index (χ0n) is 19.0. The average Bonchev–Trinajstić information content (AvgIpc) is 3.01. The van der Waals surface area contributed by atoms with Gasteiger partial charge in [-0.25, -0.2) is 0 Å². The zero-order valence-corrected chi connectivity index (χ0v) is 19.0. The largest absolute Gasteiger partial charge is 0.450 e. The predicted octanol–water partition coefficient (Wildman–Crippen LogP) is 5.58. The minimum atomic E-state index is -0.940. The number of hydrogen-bond acceptors (Lipinski definition) is 4. The molecule has 166 valence electrons. The van der Waals surface area contributed by atoms with Gasteiger partial charge in [0.2, 0.25) is 0 Å². The molecule has 0 saturated heterocycles. The van der Waals surface area contributed by atoms with Crippen molar-refractivity contribution in [1.82, 2.24) is 0 Å². The molecule has 3 saturated carbocycles. The number of rotatable bonds is 6. The minimum absolute atomic E-state index is 0.0365. The summed E-state index contributed by atoms with van der Waals surface area (Å²) in [5, 5.41) is 0. The molecule has 4 heteroatoms. The van der Waals surface area contributed by atoms with Crippen LogP contribution in [0, 0.1) is 29.1 Å². The van der Waals surface area contributed by atoms with Crippen molar-refractivity contribution in [3.8, 4) is 0 Å². The second kappa shape index (κ2) is 8.24. The molecule has 0 bridgehead atoms. The Hall–Kier alpha value is -1.45. The Labute approximate surface area is 181 Å². The van der Waals surface area contributed by atoms with Gasteiger partial charge in [-0.05, 0) is 88.0 Å². The van der Waals surface area contributed by atoms with E-state index >= 15 is 0 Å². The van der Waals surface area contributed by atoms with Crippen LogP contribution in [0.25, 0.3) is 0 Å². The van der Waals surface area contributed by atoms with Crippen LogP contribution in [0.2, 0.25) is 0 Å². The van der Waals surface area contributed by atoms with Gasteiger partial charge in [0.15, 0.2) is 17.2 Å². The van der Waals surface area contributed by atoms with Crippen molar-refractivity contribution in [3.63, 3.8) is 0 Å². The van der Waals surface area contributed by atoms with E-state index in [1.165, 1.54) is 5.57 Å². The van der Waals surface area contributed by atoms with Gasteiger partial charge in [0, 0.05) is 18.3 Å². The fourth-order valence-corrected chi connectivity index (χ4v) is 7.76. The van der Waals surface area contributed by atoms with E-state index in [1.54, 1.807) is 6.92 Å².